The molecule has 152 valence electrons. The van der Waals surface area contributed by atoms with Gasteiger partial charge in [-0.15, -0.1) is 0 Å². The number of rotatable bonds is 6. The van der Waals surface area contributed by atoms with Gasteiger partial charge in [0, 0.05) is 24.2 Å². The summed E-state index contributed by atoms with van der Waals surface area (Å²) in [5, 5.41) is 5.30. The van der Waals surface area contributed by atoms with Crippen LogP contribution in [0.3, 0.4) is 0 Å². The van der Waals surface area contributed by atoms with Crippen LogP contribution < -0.4 is 20.1 Å². The first-order chi connectivity index (χ1) is 14.7. The highest BCUT2D eigenvalue weighted by Crippen LogP contribution is 2.34. The molecule has 1 aliphatic heterocycles. The number of hydrogen-bond donors (Lipinski definition) is 2. The molecule has 0 aromatic heterocycles. The number of amides is 2. The number of anilines is 1. The average molecular weight is 402 g/mol. The van der Waals surface area contributed by atoms with Gasteiger partial charge < -0.3 is 20.1 Å². The van der Waals surface area contributed by atoms with Crippen molar-refractivity contribution in [2.45, 2.75) is 12.3 Å². The third kappa shape index (κ3) is 4.60. The van der Waals surface area contributed by atoms with E-state index in [-0.39, 0.29) is 12.7 Å². The van der Waals surface area contributed by atoms with Crippen molar-refractivity contribution in [1.82, 2.24) is 5.32 Å². The Morgan fingerprint density at radius 3 is 2.10 bits per heavy atom. The van der Waals surface area contributed by atoms with Gasteiger partial charge in [0.1, 0.15) is 0 Å². The highest BCUT2D eigenvalue weighted by molar-refractivity contribution is 6.39. The summed E-state index contributed by atoms with van der Waals surface area (Å²) in [6.45, 7) is 0.527. The van der Waals surface area contributed by atoms with E-state index < -0.39 is 11.8 Å². The molecule has 2 N–H and O–H groups in total. The molecule has 1 heterocycles. The lowest BCUT2D eigenvalue weighted by Gasteiger charge is -2.18. The van der Waals surface area contributed by atoms with Crippen LogP contribution in [0.2, 0.25) is 0 Å². The van der Waals surface area contributed by atoms with Crippen LogP contribution in [0, 0.1) is 0 Å². The van der Waals surface area contributed by atoms with E-state index in [1.807, 2.05) is 36.4 Å². The van der Waals surface area contributed by atoms with Crippen LogP contribution >= 0.6 is 0 Å². The summed E-state index contributed by atoms with van der Waals surface area (Å²) in [5.74, 6) is -0.103. The molecule has 30 heavy (non-hydrogen) atoms. The Hall–Kier alpha value is -3.80. The minimum Gasteiger partial charge on any atom is -0.454 e. The van der Waals surface area contributed by atoms with Crippen LogP contribution in [0.15, 0.2) is 78.9 Å². The van der Waals surface area contributed by atoms with Crippen molar-refractivity contribution in [3.63, 3.8) is 0 Å². The molecule has 2 amide bonds. The fraction of sp³-hybridized carbons (Fsp3) is 0.167. The second kappa shape index (κ2) is 9.13. The third-order valence-corrected chi connectivity index (χ3v) is 4.96. The van der Waals surface area contributed by atoms with Gasteiger partial charge in [-0.2, -0.15) is 0 Å². The minimum absolute atomic E-state index is 0.129. The van der Waals surface area contributed by atoms with E-state index in [0.717, 1.165) is 0 Å². The molecule has 0 unspecified atom stereocenters. The highest BCUT2D eigenvalue weighted by atomic mass is 16.7. The zero-order valence-corrected chi connectivity index (χ0v) is 16.3. The van der Waals surface area contributed by atoms with E-state index in [0.29, 0.717) is 30.2 Å². The fourth-order valence-corrected chi connectivity index (χ4v) is 3.47. The maximum Gasteiger partial charge on any atom is 0.313 e. The number of carbonyl (C=O) groups excluding carboxylic acids is 2. The predicted molar refractivity (Wildman–Crippen MR) is 114 cm³/mol. The van der Waals surface area contributed by atoms with Crippen molar-refractivity contribution in [2.75, 3.05) is 18.7 Å². The Morgan fingerprint density at radius 2 is 1.43 bits per heavy atom. The standard InChI is InChI=1S/C24H22N2O4/c27-23(24(28)26-19-11-12-21-22(15-19)30-16-29-21)25-14-13-20(17-7-3-1-4-8-17)18-9-5-2-6-10-18/h1-12,15,20H,13-14,16H2,(H,25,27)(H,26,28). The molecule has 1 aliphatic rings. The zero-order valence-electron chi connectivity index (χ0n) is 16.3. The van der Waals surface area contributed by atoms with Crippen LogP contribution in [0.4, 0.5) is 5.69 Å². The molecule has 0 spiro atoms. The number of nitrogens with one attached hydrogen (secondary N) is 2. The largest absolute Gasteiger partial charge is 0.454 e. The van der Waals surface area contributed by atoms with Crippen LogP contribution in [0.1, 0.15) is 23.5 Å². The Morgan fingerprint density at radius 1 is 0.800 bits per heavy atom. The van der Waals surface area contributed by atoms with Crippen LogP contribution in [0.5, 0.6) is 11.5 Å². The van der Waals surface area contributed by atoms with Crippen molar-refractivity contribution in [3.8, 4) is 11.5 Å². The number of hydrogen-bond acceptors (Lipinski definition) is 4. The lowest BCUT2D eigenvalue weighted by molar-refractivity contribution is -0.136. The van der Waals surface area contributed by atoms with Gasteiger partial charge in [0.2, 0.25) is 6.79 Å². The molecule has 0 atom stereocenters. The second-order valence-corrected chi connectivity index (χ2v) is 6.94. The number of fused-ring (bicyclic) bond motifs is 1. The average Bonchev–Trinajstić information content (AvgIpc) is 3.25. The van der Waals surface area contributed by atoms with Crippen LogP contribution in [-0.2, 0) is 9.59 Å². The van der Waals surface area contributed by atoms with Crippen molar-refractivity contribution >= 4 is 17.5 Å². The molecule has 6 nitrogen and oxygen atoms in total. The molecule has 4 rings (SSSR count). The maximum absolute atomic E-state index is 12.3. The molecule has 0 bridgehead atoms. The predicted octanol–water partition coefficient (Wildman–Crippen LogP) is 3.69. The monoisotopic (exact) mass is 402 g/mol. The topological polar surface area (TPSA) is 76.7 Å². The first-order valence-electron chi connectivity index (χ1n) is 9.79. The molecule has 0 radical (unpaired) electrons. The summed E-state index contributed by atoms with van der Waals surface area (Å²) in [6.07, 6.45) is 0.678. The zero-order chi connectivity index (χ0) is 20.8. The molecule has 6 heteroatoms. The van der Waals surface area contributed by atoms with E-state index in [9.17, 15) is 9.59 Å². The first-order valence-corrected chi connectivity index (χ1v) is 9.79. The van der Waals surface area contributed by atoms with Gasteiger partial charge in [0.05, 0.1) is 0 Å². The summed E-state index contributed by atoms with van der Waals surface area (Å²) in [4.78, 5) is 24.5. The van der Waals surface area contributed by atoms with Crippen molar-refractivity contribution in [2.24, 2.45) is 0 Å². The van der Waals surface area contributed by atoms with Gasteiger partial charge in [-0.3, -0.25) is 9.59 Å². The van der Waals surface area contributed by atoms with E-state index >= 15 is 0 Å². The van der Waals surface area contributed by atoms with Gasteiger partial charge in [-0.05, 0) is 29.7 Å². The van der Waals surface area contributed by atoms with Crippen molar-refractivity contribution in [1.29, 1.82) is 0 Å². The van der Waals surface area contributed by atoms with Crippen LogP contribution in [-0.4, -0.2) is 25.2 Å². The minimum atomic E-state index is -0.718. The third-order valence-electron chi connectivity index (χ3n) is 4.96. The molecule has 0 aliphatic carbocycles. The molecule has 0 saturated carbocycles. The van der Waals surface area contributed by atoms with E-state index in [4.69, 9.17) is 9.47 Å². The summed E-state index contributed by atoms with van der Waals surface area (Å²) >= 11 is 0. The van der Waals surface area contributed by atoms with Crippen molar-refractivity contribution < 1.29 is 19.1 Å². The molecular formula is C24H22N2O4. The Kier molecular flexibility index (Phi) is 5.94. The second-order valence-electron chi connectivity index (χ2n) is 6.94. The molecule has 3 aromatic carbocycles. The van der Waals surface area contributed by atoms with E-state index in [2.05, 4.69) is 34.9 Å². The van der Waals surface area contributed by atoms with Gasteiger partial charge in [-0.1, -0.05) is 60.7 Å². The van der Waals surface area contributed by atoms with E-state index in [1.165, 1.54) is 11.1 Å². The maximum atomic E-state index is 12.3. The van der Waals surface area contributed by atoms with Crippen LogP contribution in [0.25, 0.3) is 0 Å². The van der Waals surface area contributed by atoms with Crippen molar-refractivity contribution in [3.05, 3.63) is 90.0 Å². The molecule has 0 saturated heterocycles. The number of ether oxygens (including phenoxy) is 2. The smallest absolute Gasteiger partial charge is 0.313 e. The SMILES string of the molecule is O=C(NCCC(c1ccccc1)c1ccccc1)C(=O)Nc1ccc2c(c1)OCO2. The number of benzene rings is 3. The van der Waals surface area contributed by atoms with Gasteiger partial charge >= 0.3 is 11.8 Å². The Labute approximate surface area is 174 Å². The summed E-state index contributed by atoms with van der Waals surface area (Å²) in [6, 6.07) is 25.3. The van der Waals surface area contributed by atoms with E-state index in [1.54, 1.807) is 18.2 Å². The normalized spacial score (nSPS) is 11.9. The Balaban J connectivity index is 1.34. The van der Waals surface area contributed by atoms with Gasteiger partial charge in [0.25, 0.3) is 0 Å². The quantitative estimate of drug-likeness (QED) is 0.617. The number of carbonyl (C=O) groups is 2. The highest BCUT2D eigenvalue weighted by Gasteiger charge is 2.19. The lowest BCUT2D eigenvalue weighted by atomic mass is 9.88. The van der Waals surface area contributed by atoms with Gasteiger partial charge in [0.15, 0.2) is 11.5 Å². The molecule has 0 fully saturated rings. The lowest BCUT2D eigenvalue weighted by Crippen LogP contribution is -2.36. The molecule has 3 aromatic rings. The Bertz CT molecular complexity index is 982. The molecular weight excluding hydrogens is 380 g/mol. The summed E-state index contributed by atoms with van der Waals surface area (Å²) in [7, 11) is 0. The first kappa shape index (κ1) is 19.5. The fourth-order valence-electron chi connectivity index (χ4n) is 3.47. The summed E-state index contributed by atoms with van der Waals surface area (Å²) in [5.41, 5.74) is 2.82. The van der Waals surface area contributed by atoms with Gasteiger partial charge in [-0.25, -0.2) is 0 Å². The summed E-state index contributed by atoms with van der Waals surface area (Å²) < 4.78 is 10.5.